The molecule has 1 aliphatic heterocycles. The number of sulfonamides is 1. The molecule has 0 radical (unpaired) electrons. The average molecular weight is 329 g/mol. The third-order valence-electron chi connectivity index (χ3n) is 2.77. The van der Waals surface area contributed by atoms with E-state index in [9.17, 15) is 12.8 Å². The molecule has 2 N–H and O–H groups in total. The van der Waals surface area contributed by atoms with Crippen molar-refractivity contribution in [1.29, 1.82) is 0 Å². The van der Waals surface area contributed by atoms with Crippen molar-refractivity contribution in [1.82, 2.24) is 10.0 Å². The molecule has 0 spiro atoms. The van der Waals surface area contributed by atoms with Crippen LogP contribution in [0.2, 0.25) is 5.02 Å². The standard InChI is InChI=1S/C11H14ClFN2O2S.ClH/c12-8-4-9(13)6-11(5-8)18(16,17)15-10-2-1-3-14-7-10;/h4-6,10,14-15H,1-3,7H2;1H. The zero-order chi connectivity index (χ0) is 13.2. The summed E-state index contributed by atoms with van der Waals surface area (Å²) in [6.45, 7) is 1.48. The molecule has 8 heteroatoms. The maximum Gasteiger partial charge on any atom is 0.241 e. The van der Waals surface area contributed by atoms with Gasteiger partial charge in [-0.25, -0.2) is 17.5 Å². The molecule has 1 aromatic carbocycles. The summed E-state index contributed by atoms with van der Waals surface area (Å²) in [4.78, 5) is -0.141. The van der Waals surface area contributed by atoms with Gasteiger partial charge >= 0.3 is 0 Å². The molecule has 2 rings (SSSR count). The largest absolute Gasteiger partial charge is 0.315 e. The van der Waals surface area contributed by atoms with Gasteiger partial charge in [0.25, 0.3) is 0 Å². The van der Waals surface area contributed by atoms with Crippen LogP contribution in [0.15, 0.2) is 23.1 Å². The van der Waals surface area contributed by atoms with Gasteiger partial charge in [-0.2, -0.15) is 0 Å². The van der Waals surface area contributed by atoms with Crippen LogP contribution >= 0.6 is 24.0 Å². The van der Waals surface area contributed by atoms with E-state index >= 15 is 0 Å². The highest BCUT2D eigenvalue weighted by Gasteiger charge is 2.22. The molecule has 0 aromatic heterocycles. The molecule has 108 valence electrons. The lowest BCUT2D eigenvalue weighted by atomic mass is 10.1. The molecule has 1 unspecified atom stereocenters. The Morgan fingerprint density at radius 3 is 2.68 bits per heavy atom. The summed E-state index contributed by atoms with van der Waals surface area (Å²) in [6, 6.07) is 3.11. The summed E-state index contributed by atoms with van der Waals surface area (Å²) < 4.78 is 39.8. The van der Waals surface area contributed by atoms with Gasteiger partial charge in [-0.3, -0.25) is 0 Å². The fourth-order valence-electron chi connectivity index (χ4n) is 1.92. The zero-order valence-corrected chi connectivity index (χ0v) is 12.4. The SMILES string of the molecule is Cl.O=S(=O)(NC1CCCNC1)c1cc(F)cc(Cl)c1. The second-order valence-electron chi connectivity index (χ2n) is 4.27. The maximum atomic E-state index is 13.1. The van der Waals surface area contributed by atoms with Crippen LogP contribution in [0.1, 0.15) is 12.8 Å². The highest BCUT2D eigenvalue weighted by Crippen LogP contribution is 2.19. The first kappa shape index (κ1) is 16.7. The van der Waals surface area contributed by atoms with Crippen molar-refractivity contribution in [3.8, 4) is 0 Å². The predicted octanol–water partition coefficient (Wildman–Crippen LogP) is 1.93. The van der Waals surface area contributed by atoms with Crippen LogP contribution in [0.3, 0.4) is 0 Å². The van der Waals surface area contributed by atoms with Gasteiger partial charge in [0.1, 0.15) is 5.82 Å². The summed E-state index contributed by atoms with van der Waals surface area (Å²) >= 11 is 5.65. The normalized spacial score (nSPS) is 19.8. The molecule has 19 heavy (non-hydrogen) atoms. The van der Waals surface area contributed by atoms with Crippen molar-refractivity contribution in [3.63, 3.8) is 0 Å². The molecule has 1 atom stereocenters. The summed E-state index contributed by atoms with van der Waals surface area (Å²) in [5.74, 6) is -0.662. The van der Waals surface area contributed by atoms with Crippen LogP contribution in [-0.2, 0) is 10.0 Å². The van der Waals surface area contributed by atoms with Crippen molar-refractivity contribution in [2.24, 2.45) is 0 Å². The van der Waals surface area contributed by atoms with Crippen LogP contribution in [0, 0.1) is 5.82 Å². The number of benzene rings is 1. The second-order valence-corrected chi connectivity index (χ2v) is 6.42. The fourth-order valence-corrected chi connectivity index (χ4v) is 3.54. The minimum atomic E-state index is -3.72. The third kappa shape index (κ3) is 4.57. The van der Waals surface area contributed by atoms with Gasteiger partial charge in [0, 0.05) is 17.6 Å². The van der Waals surface area contributed by atoms with E-state index in [1.807, 2.05) is 0 Å². The average Bonchev–Trinajstić information content (AvgIpc) is 2.28. The van der Waals surface area contributed by atoms with Crippen LogP contribution in [0.25, 0.3) is 0 Å². The van der Waals surface area contributed by atoms with Gasteiger partial charge in [0.2, 0.25) is 10.0 Å². The number of nitrogens with one attached hydrogen (secondary N) is 2. The first-order chi connectivity index (χ1) is 8.47. The minimum Gasteiger partial charge on any atom is -0.315 e. The van der Waals surface area contributed by atoms with Gasteiger partial charge in [-0.05, 0) is 37.6 Å². The Morgan fingerprint density at radius 2 is 2.11 bits per heavy atom. The minimum absolute atomic E-state index is 0. The number of rotatable bonds is 3. The van der Waals surface area contributed by atoms with E-state index in [-0.39, 0.29) is 28.4 Å². The summed E-state index contributed by atoms with van der Waals surface area (Å²) in [6.07, 6.45) is 1.69. The molecular weight excluding hydrogens is 314 g/mol. The molecule has 1 fully saturated rings. The van der Waals surface area contributed by atoms with Crippen LogP contribution in [0.5, 0.6) is 0 Å². The fraction of sp³-hybridized carbons (Fsp3) is 0.455. The van der Waals surface area contributed by atoms with Crippen LogP contribution in [-0.4, -0.2) is 27.5 Å². The molecule has 4 nitrogen and oxygen atoms in total. The third-order valence-corrected chi connectivity index (χ3v) is 4.48. The van der Waals surface area contributed by atoms with E-state index in [0.29, 0.717) is 6.54 Å². The van der Waals surface area contributed by atoms with Crippen molar-refractivity contribution in [2.45, 2.75) is 23.8 Å². The predicted molar refractivity (Wildman–Crippen MR) is 74.9 cm³/mol. The smallest absolute Gasteiger partial charge is 0.241 e. The van der Waals surface area contributed by atoms with Crippen molar-refractivity contribution < 1.29 is 12.8 Å². The van der Waals surface area contributed by atoms with E-state index < -0.39 is 15.8 Å². The highest BCUT2D eigenvalue weighted by molar-refractivity contribution is 7.89. The lowest BCUT2D eigenvalue weighted by Crippen LogP contribution is -2.45. The van der Waals surface area contributed by atoms with Crippen LogP contribution < -0.4 is 10.0 Å². The Hall–Kier alpha value is -0.400. The zero-order valence-electron chi connectivity index (χ0n) is 10.0. The molecule has 1 aliphatic rings. The van der Waals surface area contributed by atoms with E-state index in [0.717, 1.165) is 31.5 Å². The van der Waals surface area contributed by atoms with Gasteiger partial charge in [-0.1, -0.05) is 11.6 Å². The summed E-state index contributed by atoms with van der Waals surface area (Å²) in [5.41, 5.74) is 0. The topological polar surface area (TPSA) is 58.2 Å². The Bertz CT molecular complexity index is 513. The molecule has 0 saturated carbocycles. The van der Waals surface area contributed by atoms with Gasteiger partial charge in [0.15, 0.2) is 0 Å². The van der Waals surface area contributed by atoms with E-state index in [2.05, 4.69) is 10.0 Å². The Kier molecular flexibility index (Phi) is 6.01. The maximum absolute atomic E-state index is 13.1. The Balaban J connectivity index is 0.00000180. The second kappa shape index (κ2) is 6.85. The number of piperidine rings is 1. The number of hydrogen-bond donors (Lipinski definition) is 2. The summed E-state index contributed by atoms with van der Waals surface area (Å²) in [5, 5.41) is 3.17. The highest BCUT2D eigenvalue weighted by atomic mass is 35.5. The van der Waals surface area contributed by atoms with E-state index in [1.54, 1.807) is 0 Å². The molecule has 0 amide bonds. The van der Waals surface area contributed by atoms with Gasteiger partial charge in [-0.15, -0.1) is 12.4 Å². The molecule has 0 bridgehead atoms. The Morgan fingerprint density at radius 1 is 1.37 bits per heavy atom. The number of hydrogen-bond acceptors (Lipinski definition) is 3. The van der Waals surface area contributed by atoms with Crippen LogP contribution in [0.4, 0.5) is 4.39 Å². The molecule has 1 saturated heterocycles. The summed E-state index contributed by atoms with van der Waals surface area (Å²) in [7, 11) is -3.72. The number of halogens is 3. The van der Waals surface area contributed by atoms with Gasteiger partial charge < -0.3 is 5.32 Å². The molecule has 1 heterocycles. The van der Waals surface area contributed by atoms with Crippen molar-refractivity contribution >= 4 is 34.0 Å². The first-order valence-electron chi connectivity index (χ1n) is 5.66. The monoisotopic (exact) mass is 328 g/mol. The van der Waals surface area contributed by atoms with E-state index in [1.165, 1.54) is 6.07 Å². The quantitative estimate of drug-likeness (QED) is 0.891. The van der Waals surface area contributed by atoms with Crippen molar-refractivity contribution in [3.05, 3.63) is 29.0 Å². The Labute approximate surface area is 123 Å². The molecular formula is C11H15Cl2FN2O2S. The molecule has 0 aliphatic carbocycles. The van der Waals surface area contributed by atoms with Gasteiger partial charge in [0.05, 0.1) is 4.90 Å². The molecule has 1 aromatic rings. The lowest BCUT2D eigenvalue weighted by molar-refractivity contribution is 0.428. The first-order valence-corrected chi connectivity index (χ1v) is 7.53. The van der Waals surface area contributed by atoms with Crippen molar-refractivity contribution in [2.75, 3.05) is 13.1 Å². The lowest BCUT2D eigenvalue weighted by Gasteiger charge is -2.23. The van der Waals surface area contributed by atoms with E-state index in [4.69, 9.17) is 11.6 Å².